The van der Waals surface area contributed by atoms with Gasteiger partial charge in [-0.1, -0.05) is 18.2 Å². The van der Waals surface area contributed by atoms with E-state index in [1.807, 2.05) is 0 Å². The van der Waals surface area contributed by atoms with Crippen LogP contribution in [0.5, 0.6) is 23.0 Å². The van der Waals surface area contributed by atoms with Crippen LogP contribution < -0.4 is 0 Å². The second kappa shape index (κ2) is 5.97. The van der Waals surface area contributed by atoms with E-state index in [9.17, 15) is 20.4 Å². The van der Waals surface area contributed by atoms with Crippen molar-refractivity contribution in [3.05, 3.63) is 66.7 Å². The highest BCUT2D eigenvalue weighted by atomic mass is 16.3. The van der Waals surface area contributed by atoms with Gasteiger partial charge in [0.2, 0.25) is 0 Å². The zero-order valence-electron chi connectivity index (χ0n) is 13.5. The van der Waals surface area contributed by atoms with Crippen molar-refractivity contribution in [2.24, 2.45) is 0 Å². The van der Waals surface area contributed by atoms with Crippen LogP contribution in [0.2, 0.25) is 0 Å². The maximum Gasteiger partial charge on any atom is 0.368 e. The fourth-order valence-electron chi connectivity index (χ4n) is 2.96. The molecule has 0 saturated carbocycles. The molecular weight excluding hydrogens is 332 g/mol. The largest absolute Gasteiger partial charge is 0.508 e. The maximum absolute atomic E-state index is 10.3. The standard InChI is InChI=1S/C21H14O5/c22-14-6-4-12(5-7-14)17-11-19(13-2-1-3-15(23)8-13)26-20-10-16(24)9-18(25)21(17)20/h1-11H,(H3-,22,23,24,25)/p+1. The minimum Gasteiger partial charge on any atom is -0.508 e. The molecule has 0 fully saturated rings. The zero-order valence-corrected chi connectivity index (χ0v) is 13.5. The molecule has 1 aromatic heterocycles. The number of hydrogen-bond acceptors (Lipinski definition) is 4. The fraction of sp³-hybridized carbons (Fsp3) is 0. The monoisotopic (exact) mass is 347 g/mol. The molecule has 0 unspecified atom stereocenters. The van der Waals surface area contributed by atoms with Crippen molar-refractivity contribution in [2.75, 3.05) is 0 Å². The molecule has 3 aromatic carbocycles. The number of phenolic OH excluding ortho intramolecular Hbond substituents is 4. The van der Waals surface area contributed by atoms with Crippen molar-refractivity contribution in [1.29, 1.82) is 0 Å². The first-order valence-electron chi connectivity index (χ1n) is 7.93. The van der Waals surface area contributed by atoms with E-state index < -0.39 is 0 Å². The molecule has 0 aliphatic rings. The Bertz CT molecular complexity index is 1120. The summed E-state index contributed by atoms with van der Waals surface area (Å²) in [4.78, 5) is 0. The molecule has 0 atom stereocenters. The molecule has 5 heteroatoms. The van der Waals surface area contributed by atoms with E-state index in [1.54, 1.807) is 54.6 Å². The summed E-state index contributed by atoms with van der Waals surface area (Å²) in [5, 5.41) is 39.9. The lowest BCUT2D eigenvalue weighted by molar-refractivity contribution is 0.452. The summed E-state index contributed by atoms with van der Waals surface area (Å²) < 4.78 is 5.87. The van der Waals surface area contributed by atoms with Crippen LogP contribution in [-0.4, -0.2) is 20.4 Å². The Morgan fingerprint density at radius 1 is 0.615 bits per heavy atom. The lowest BCUT2D eigenvalue weighted by atomic mass is 9.98. The number of phenols is 4. The Kier molecular flexibility index (Phi) is 3.62. The van der Waals surface area contributed by atoms with Crippen molar-refractivity contribution in [2.45, 2.75) is 0 Å². The summed E-state index contributed by atoms with van der Waals surface area (Å²) in [6.07, 6.45) is 0. The molecule has 128 valence electrons. The molecule has 4 N–H and O–H groups in total. The van der Waals surface area contributed by atoms with Gasteiger partial charge in [-0.3, -0.25) is 0 Å². The maximum atomic E-state index is 10.3. The van der Waals surface area contributed by atoms with Crippen LogP contribution in [0.4, 0.5) is 0 Å². The van der Waals surface area contributed by atoms with Gasteiger partial charge < -0.3 is 20.4 Å². The van der Waals surface area contributed by atoms with Crippen molar-refractivity contribution in [3.8, 4) is 45.4 Å². The first-order chi connectivity index (χ1) is 12.5. The first-order valence-corrected chi connectivity index (χ1v) is 7.93. The van der Waals surface area contributed by atoms with Gasteiger partial charge in [-0.15, -0.1) is 0 Å². The number of aromatic hydroxyl groups is 4. The van der Waals surface area contributed by atoms with Crippen LogP contribution in [0.3, 0.4) is 0 Å². The van der Waals surface area contributed by atoms with Crippen LogP contribution in [0.25, 0.3) is 33.4 Å². The van der Waals surface area contributed by atoms with Gasteiger partial charge in [-0.2, -0.15) is 0 Å². The van der Waals surface area contributed by atoms with Gasteiger partial charge in [0.25, 0.3) is 0 Å². The minimum atomic E-state index is -0.122. The van der Waals surface area contributed by atoms with Gasteiger partial charge in [0.05, 0.1) is 17.7 Å². The highest BCUT2D eigenvalue weighted by molar-refractivity contribution is 6.00. The number of fused-ring (bicyclic) bond motifs is 1. The second-order valence-electron chi connectivity index (χ2n) is 5.96. The summed E-state index contributed by atoms with van der Waals surface area (Å²) in [5.41, 5.74) is 2.37. The summed E-state index contributed by atoms with van der Waals surface area (Å²) >= 11 is 0. The summed E-state index contributed by atoms with van der Waals surface area (Å²) in [5.74, 6) is 0.454. The normalized spacial score (nSPS) is 10.9. The van der Waals surface area contributed by atoms with Crippen LogP contribution in [0, 0.1) is 0 Å². The zero-order chi connectivity index (χ0) is 18.3. The first kappa shape index (κ1) is 15.8. The smallest absolute Gasteiger partial charge is 0.368 e. The highest BCUT2D eigenvalue weighted by Gasteiger charge is 2.23. The average Bonchev–Trinajstić information content (AvgIpc) is 2.61. The van der Waals surface area contributed by atoms with Crippen molar-refractivity contribution >= 4 is 11.0 Å². The fourth-order valence-corrected chi connectivity index (χ4v) is 2.96. The Hall–Kier alpha value is -3.73. The molecule has 0 spiro atoms. The van der Waals surface area contributed by atoms with E-state index in [1.165, 1.54) is 12.1 Å². The summed E-state index contributed by atoms with van der Waals surface area (Å²) in [7, 11) is 0. The lowest BCUT2D eigenvalue weighted by Gasteiger charge is -2.06. The van der Waals surface area contributed by atoms with Gasteiger partial charge in [0.1, 0.15) is 28.4 Å². The predicted octanol–water partition coefficient (Wildman–Crippen LogP) is 4.87. The third-order valence-electron chi connectivity index (χ3n) is 4.14. The molecule has 0 aliphatic heterocycles. The summed E-state index contributed by atoms with van der Waals surface area (Å²) in [6.45, 7) is 0. The van der Waals surface area contributed by atoms with Crippen molar-refractivity contribution < 1.29 is 24.8 Å². The van der Waals surface area contributed by atoms with E-state index >= 15 is 0 Å². The number of rotatable bonds is 2. The van der Waals surface area contributed by atoms with Crippen molar-refractivity contribution in [1.82, 2.24) is 0 Å². The van der Waals surface area contributed by atoms with E-state index in [0.29, 0.717) is 27.9 Å². The van der Waals surface area contributed by atoms with E-state index in [4.69, 9.17) is 4.42 Å². The second-order valence-corrected chi connectivity index (χ2v) is 5.96. The topological polar surface area (TPSA) is 92.2 Å². The van der Waals surface area contributed by atoms with Gasteiger partial charge in [-0.05, 0) is 35.9 Å². The number of benzene rings is 3. The molecular formula is C21H15O5+. The third-order valence-corrected chi connectivity index (χ3v) is 4.14. The predicted molar refractivity (Wildman–Crippen MR) is 98.2 cm³/mol. The molecule has 26 heavy (non-hydrogen) atoms. The minimum absolute atomic E-state index is 0.0998. The van der Waals surface area contributed by atoms with Crippen LogP contribution in [0.1, 0.15) is 0 Å². The molecule has 4 rings (SSSR count). The molecule has 0 amide bonds. The van der Waals surface area contributed by atoms with Crippen LogP contribution in [-0.2, 0) is 0 Å². The highest BCUT2D eigenvalue weighted by Crippen LogP contribution is 2.41. The average molecular weight is 347 g/mol. The van der Waals surface area contributed by atoms with Gasteiger partial charge in [0, 0.05) is 11.6 Å². The molecule has 0 aliphatic carbocycles. The lowest BCUT2D eigenvalue weighted by Crippen LogP contribution is -1.87. The van der Waals surface area contributed by atoms with Crippen LogP contribution in [0.15, 0.2) is 71.1 Å². The van der Waals surface area contributed by atoms with Crippen LogP contribution >= 0.6 is 0 Å². The SMILES string of the molecule is Oc1ccc(-c2cc(-c3cccc(O)c3)[o+]c3cc(O)cc(O)c23)cc1. The Morgan fingerprint density at radius 3 is 2.12 bits per heavy atom. The Balaban J connectivity index is 2.05. The third kappa shape index (κ3) is 2.75. The summed E-state index contributed by atoms with van der Waals surface area (Å²) in [6, 6.07) is 17.6. The molecule has 4 aromatic rings. The van der Waals surface area contributed by atoms with E-state index in [2.05, 4.69) is 0 Å². The van der Waals surface area contributed by atoms with Gasteiger partial charge >= 0.3 is 11.3 Å². The molecule has 0 radical (unpaired) electrons. The molecule has 1 heterocycles. The quantitative estimate of drug-likeness (QED) is 0.388. The van der Waals surface area contributed by atoms with Crippen molar-refractivity contribution in [3.63, 3.8) is 0 Å². The van der Waals surface area contributed by atoms with E-state index in [-0.39, 0.29) is 23.0 Å². The van der Waals surface area contributed by atoms with Gasteiger partial charge in [0.15, 0.2) is 0 Å². The van der Waals surface area contributed by atoms with Gasteiger partial charge in [-0.25, -0.2) is 4.42 Å². The molecule has 0 bridgehead atoms. The Morgan fingerprint density at radius 2 is 1.38 bits per heavy atom. The number of hydrogen-bond donors (Lipinski definition) is 4. The van der Waals surface area contributed by atoms with E-state index in [0.717, 1.165) is 5.56 Å². The Labute approximate surface area is 148 Å². The molecule has 0 saturated heterocycles. The molecule has 5 nitrogen and oxygen atoms in total.